The molecule has 0 saturated heterocycles. The smallest absolute Gasteiger partial charge is 0.0349 e. The minimum Gasteiger partial charge on any atom is -0.326 e. The number of rotatable bonds is 6. The van der Waals surface area contributed by atoms with Crippen LogP contribution in [0.15, 0.2) is 24.3 Å². The Bertz CT molecular complexity index is 557. The van der Waals surface area contributed by atoms with Crippen LogP contribution in [0.4, 0.5) is 0 Å². The van der Waals surface area contributed by atoms with Crippen molar-refractivity contribution in [2.24, 2.45) is 11.7 Å². The van der Waals surface area contributed by atoms with Crippen molar-refractivity contribution >= 4 is 21.4 Å². The van der Waals surface area contributed by atoms with Gasteiger partial charge in [-0.2, -0.15) is 0 Å². The average molecular weight is 274 g/mol. The van der Waals surface area contributed by atoms with Crippen LogP contribution >= 0.6 is 11.3 Å². The lowest BCUT2D eigenvalue weighted by Crippen LogP contribution is -2.25. The van der Waals surface area contributed by atoms with Gasteiger partial charge in [-0.1, -0.05) is 25.1 Å². The lowest BCUT2D eigenvalue weighted by Gasteiger charge is -2.20. The van der Waals surface area contributed by atoms with Crippen molar-refractivity contribution in [2.45, 2.75) is 32.9 Å². The largest absolute Gasteiger partial charge is 0.326 e. The van der Waals surface area contributed by atoms with Crippen LogP contribution in [0.3, 0.4) is 0 Å². The lowest BCUT2D eigenvalue weighted by molar-refractivity contribution is 0.269. The third-order valence-electron chi connectivity index (χ3n) is 4.01. The molecular weight excluding hydrogens is 252 g/mol. The second-order valence-electron chi connectivity index (χ2n) is 5.48. The van der Waals surface area contributed by atoms with E-state index in [1.54, 1.807) is 0 Å². The van der Waals surface area contributed by atoms with Crippen LogP contribution in [0, 0.1) is 5.92 Å². The fourth-order valence-electron chi connectivity index (χ4n) is 2.68. The van der Waals surface area contributed by atoms with Gasteiger partial charge in [-0.05, 0) is 42.3 Å². The molecule has 2 aromatic rings. The second-order valence-corrected chi connectivity index (χ2v) is 6.61. The van der Waals surface area contributed by atoms with Gasteiger partial charge in [-0.15, -0.1) is 11.3 Å². The van der Waals surface area contributed by atoms with Crippen molar-refractivity contribution in [3.63, 3.8) is 0 Å². The highest BCUT2D eigenvalue weighted by molar-refractivity contribution is 7.19. The van der Waals surface area contributed by atoms with E-state index in [-0.39, 0.29) is 0 Å². The van der Waals surface area contributed by atoms with Gasteiger partial charge in [0.15, 0.2) is 0 Å². The van der Waals surface area contributed by atoms with E-state index in [1.807, 2.05) is 11.3 Å². The molecular formula is C16H22N2S. The van der Waals surface area contributed by atoms with E-state index >= 15 is 0 Å². The van der Waals surface area contributed by atoms with E-state index < -0.39 is 0 Å². The highest BCUT2D eigenvalue weighted by Crippen LogP contribution is 2.34. The molecule has 1 aliphatic carbocycles. The summed E-state index contributed by atoms with van der Waals surface area (Å²) in [4.78, 5) is 3.93. The number of thiophene rings is 1. The molecule has 1 saturated carbocycles. The maximum absolute atomic E-state index is 5.94. The van der Waals surface area contributed by atoms with Crippen LogP contribution in [0.5, 0.6) is 0 Å². The molecule has 0 amide bonds. The maximum Gasteiger partial charge on any atom is 0.0349 e. The second kappa shape index (κ2) is 5.61. The molecule has 1 aromatic carbocycles. The number of nitrogens with zero attached hydrogens (tertiary/aromatic N) is 1. The van der Waals surface area contributed by atoms with Crippen molar-refractivity contribution in [1.82, 2.24) is 4.90 Å². The van der Waals surface area contributed by atoms with Crippen LogP contribution in [0.25, 0.3) is 10.1 Å². The van der Waals surface area contributed by atoms with Gasteiger partial charge in [0.25, 0.3) is 0 Å². The normalized spacial score (nSPS) is 15.5. The molecule has 2 N–H and O–H groups in total. The summed E-state index contributed by atoms with van der Waals surface area (Å²) in [5.41, 5.74) is 7.40. The molecule has 3 heteroatoms. The molecule has 0 atom stereocenters. The third-order valence-corrected chi connectivity index (χ3v) is 5.24. The Morgan fingerprint density at radius 1 is 1.32 bits per heavy atom. The summed E-state index contributed by atoms with van der Waals surface area (Å²) in [6.07, 6.45) is 2.84. The summed E-state index contributed by atoms with van der Waals surface area (Å²) in [6, 6.07) is 8.70. The van der Waals surface area contributed by atoms with E-state index in [0.717, 1.165) is 19.0 Å². The summed E-state index contributed by atoms with van der Waals surface area (Å²) in [6.45, 7) is 6.37. The Balaban J connectivity index is 1.88. The molecule has 0 spiro atoms. The standard InChI is InChI=1S/C16H22N2S/c1-2-18(10-12-7-8-12)11-14-13-5-3-4-6-15(13)19-16(14)9-17/h3-6,12H,2,7-11,17H2,1H3. The molecule has 2 nitrogen and oxygen atoms in total. The van der Waals surface area contributed by atoms with Crippen LogP contribution in [-0.4, -0.2) is 18.0 Å². The van der Waals surface area contributed by atoms with E-state index in [2.05, 4.69) is 36.1 Å². The van der Waals surface area contributed by atoms with Gasteiger partial charge in [0.1, 0.15) is 0 Å². The van der Waals surface area contributed by atoms with Crippen LogP contribution in [0.2, 0.25) is 0 Å². The van der Waals surface area contributed by atoms with E-state index in [0.29, 0.717) is 6.54 Å². The van der Waals surface area contributed by atoms with Gasteiger partial charge in [0.05, 0.1) is 0 Å². The van der Waals surface area contributed by atoms with Crippen LogP contribution in [-0.2, 0) is 13.1 Å². The predicted octanol–water partition coefficient (Wildman–Crippen LogP) is 3.59. The maximum atomic E-state index is 5.94. The highest BCUT2D eigenvalue weighted by Gasteiger charge is 2.24. The average Bonchev–Trinajstić information content (AvgIpc) is 3.19. The number of nitrogens with two attached hydrogens (primary N) is 1. The number of benzene rings is 1. The molecule has 1 heterocycles. The van der Waals surface area contributed by atoms with Gasteiger partial charge in [-0.25, -0.2) is 0 Å². The zero-order chi connectivity index (χ0) is 13.2. The summed E-state index contributed by atoms with van der Waals surface area (Å²) in [7, 11) is 0. The van der Waals surface area contributed by atoms with E-state index in [4.69, 9.17) is 5.73 Å². The summed E-state index contributed by atoms with van der Waals surface area (Å²) >= 11 is 1.86. The van der Waals surface area contributed by atoms with Crippen molar-refractivity contribution in [1.29, 1.82) is 0 Å². The van der Waals surface area contributed by atoms with Crippen molar-refractivity contribution < 1.29 is 0 Å². The molecule has 1 aliphatic rings. The minimum absolute atomic E-state index is 0.662. The first-order chi connectivity index (χ1) is 9.31. The van der Waals surface area contributed by atoms with Crippen molar-refractivity contribution in [3.05, 3.63) is 34.7 Å². The molecule has 0 radical (unpaired) electrons. The molecule has 1 aromatic heterocycles. The van der Waals surface area contributed by atoms with Crippen LogP contribution in [0.1, 0.15) is 30.2 Å². The molecule has 0 bridgehead atoms. The van der Waals surface area contributed by atoms with E-state index in [1.165, 1.54) is 39.9 Å². The SMILES string of the molecule is CCN(Cc1c(CN)sc2ccccc12)CC1CC1. The predicted molar refractivity (Wildman–Crippen MR) is 83.4 cm³/mol. The summed E-state index contributed by atoms with van der Waals surface area (Å²) in [5.74, 6) is 0.950. The van der Waals surface area contributed by atoms with Crippen molar-refractivity contribution in [3.8, 4) is 0 Å². The fraction of sp³-hybridized carbons (Fsp3) is 0.500. The van der Waals surface area contributed by atoms with Gasteiger partial charge in [0, 0.05) is 29.2 Å². The Morgan fingerprint density at radius 3 is 2.79 bits per heavy atom. The highest BCUT2D eigenvalue weighted by atomic mass is 32.1. The first kappa shape index (κ1) is 13.1. The molecule has 1 fully saturated rings. The lowest BCUT2D eigenvalue weighted by atomic mass is 10.1. The zero-order valence-corrected chi connectivity index (χ0v) is 12.4. The van der Waals surface area contributed by atoms with Gasteiger partial charge in [0.2, 0.25) is 0 Å². The van der Waals surface area contributed by atoms with Gasteiger partial charge in [-0.3, -0.25) is 4.90 Å². The third kappa shape index (κ3) is 2.83. The Hall–Kier alpha value is -0.900. The fourth-order valence-corrected chi connectivity index (χ4v) is 3.78. The molecule has 0 aliphatic heterocycles. The summed E-state index contributed by atoms with van der Waals surface area (Å²) < 4.78 is 1.38. The number of fused-ring (bicyclic) bond motifs is 1. The Morgan fingerprint density at radius 2 is 2.11 bits per heavy atom. The van der Waals surface area contributed by atoms with Crippen LogP contribution < -0.4 is 5.73 Å². The molecule has 19 heavy (non-hydrogen) atoms. The number of hydrogen-bond donors (Lipinski definition) is 1. The first-order valence-electron chi connectivity index (χ1n) is 7.23. The Labute approximate surface area is 119 Å². The topological polar surface area (TPSA) is 29.3 Å². The number of hydrogen-bond acceptors (Lipinski definition) is 3. The molecule has 0 unspecified atom stereocenters. The molecule has 3 rings (SSSR count). The molecule has 102 valence electrons. The minimum atomic E-state index is 0.662. The van der Waals surface area contributed by atoms with Crippen molar-refractivity contribution in [2.75, 3.05) is 13.1 Å². The monoisotopic (exact) mass is 274 g/mol. The quantitative estimate of drug-likeness (QED) is 0.872. The first-order valence-corrected chi connectivity index (χ1v) is 8.05. The van der Waals surface area contributed by atoms with E-state index in [9.17, 15) is 0 Å². The zero-order valence-electron chi connectivity index (χ0n) is 11.6. The van der Waals surface area contributed by atoms with Gasteiger partial charge < -0.3 is 5.73 Å². The summed E-state index contributed by atoms with van der Waals surface area (Å²) in [5, 5.41) is 1.40. The Kier molecular flexibility index (Phi) is 3.87. The van der Waals surface area contributed by atoms with Gasteiger partial charge >= 0.3 is 0 Å².